The van der Waals surface area contributed by atoms with Crippen LogP contribution in [0.4, 0.5) is 10.1 Å². The van der Waals surface area contributed by atoms with Gasteiger partial charge < -0.3 is 4.74 Å². The van der Waals surface area contributed by atoms with Crippen LogP contribution in [0, 0.1) is 15.9 Å². The maximum atomic E-state index is 13.4. The summed E-state index contributed by atoms with van der Waals surface area (Å²) < 4.78 is 19.1. The van der Waals surface area contributed by atoms with Gasteiger partial charge in [0, 0.05) is 18.3 Å². The van der Waals surface area contributed by atoms with Crippen LogP contribution < -0.4 is 4.74 Å². The number of hydrogen-bond donors (Lipinski definition) is 0. The molecule has 0 radical (unpaired) electrons. The van der Waals surface area contributed by atoms with Crippen LogP contribution in [-0.4, -0.2) is 14.9 Å². The van der Waals surface area contributed by atoms with E-state index in [4.69, 9.17) is 16.3 Å². The Bertz CT molecular complexity index is 656. The Morgan fingerprint density at radius 1 is 1.47 bits per heavy atom. The summed E-state index contributed by atoms with van der Waals surface area (Å²) in [5, 5.41) is 10.4. The highest BCUT2D eigenvalue weighted by molar-refractivity contribution is 9.10. The standard InChI is InChI=1S/C10H4BrClFN3O3/c11-6-4-14-10(12)15-9(6)19-5-1-2-8(16(17)18)7(13)3-5/h1-4H. The molecule has 0 bridgehead atoms. The molecule has 9 heteroatoms. The molecular formula is C10H4BrClFN3O3. The Hall–Kier alpha value is -1.80. The number of rotatable bonds is 3. The third-order valence-corrected chi connectivity index (χ3v) is 2.74. The lowest BCUT2D eigenvalue weighted by molar-refractivity contribution is -0.387. The van der Waals surface area contributed by atoms with Gasteiger partial charge in [-0.15, -0.1) is 0 Å². The molecule has 1 aromatic carbocycles. The van der Waals surface area contributed by atoms with Crippen molar-refractivity contribution < 1.29 is 14.1 Å². The third-order valence-electron chi connectivity index (χ3n) is 2.01. The van der Waals surface area contributed by atoms with E-state index in [-0.39, 0.29) is 16.9 Å². The zero-order chi connectivity index (χ0) is 14.0. The monoisotopic (exact) mass is 347 g/mol. The predicted molar refractivity (Wildman–Crippen MR) is 67.9 cm³/mol. The molecule has 0 aliphatic heterocycles. The lowest BCUT2D eigenvalue weighted by atomic mass is 10.3. The summed E-state index contributed by atoms with van der Waals surface area (Å²) in [6, 6.07) is 3.14. The molecule has 2 aromatic rings. The van der Waals surface area contributed by atoms with Gasteiger partial charge >= 0.3 is 5.69 Å². The van der Waals surface area contributed by atoms with Crippen molar-refractivity contribution in [2.75, 3.05) is 0 Å². The molecule has 1 aromatic heterocycles. The van der Waals surface area contributed by atoms with E-state index < -0.39 is 16.4 Å². The molecule has 0 amide bonds. The Morgan fingerprint density at radius 2 is 2.21 bits per heavy atom. The number of nitrogens with zero attached hydrogens (tertiary/aromatic N) is 3. The minimum absolute atomic E-state index is 0.0411. The van der Waals surface area contributed by atoms with Gasteiger partial charge in [0.25, 0.3) is 0 Å². The zero-order valence-electron chi connectivity index (χ0n) is 9.01. The summed E-state index contributed by atoms with van der Waals surface area (Å²) >= 11 is 8.73. The quantitative estimate of drug-likeness (QED) is 0.480. The SMILES string of the molecule is O=[N+]([O-])c1ccc(Oc2nc(Cl)ncc2Br)cc1F. The highest BCUT2D eigenvalue weighted by Crippen LogP contribution is 2.30. The summed E-state index contributed by atoms with van der Waals surface area (Å²) in [6.07, 6.45) is 1.37. The summed E-state index contributed by atoms with van der Waals surface area (Å²) in [5.41, 5.74) is -0.632. The Labute approximate surface area is 119 Å². The van der Waals surface area contributed by atoms with E-state index in [0.29, 0.717) is 4.47 Å². The van der Waals surface area contributed by atoms with Crippen LogP contribution in [0.3, 0.4) is 0 Å². The molecule has 2 rings (SSSR count). The smallest absolute Gasteiger partial charge is 0.305 e. The molecule has 19 heavy (non-hydrogen) atoms. The molecule has 1 heterocycles. The third kappa shape index (κ3) is 3.15. The van der Waals surface area contributed by atoms with E-state index in [1.165, 1.54) is 12.3 Å². The minimum Gasteiger partial charge on any atom is -0.438 e. The van der Waals surface area contributed by atoms with Crippen molar-refractivity contribution in [1.82, 2.24) is 9.97 Å². The molecule has 0 aliphatic carbocycles. The highest BCUT2D eigenvalue weighted by atomic mass is 79.9. The minimum atomic E-state index is -1.00. The predicted octanol–water partition coefficient (Wildman–Crippen LogP) is 3.73. The van der Waals surface area contributed by atoms with Crippen molar-refractivity contribution in [1.29, 1.82) is 0 Å². The fourth-order valence-corrected chi connectivity index (χ4v) is 1.61. The fourth-order valence-electron chi connectivity index (χ4n) is 1.21. The van der Waals surface area contributed by atoms with Crippen molar-refractivity contribution in [3.63, 3.8) is 0 Å². The number of nitro benzene ring substituents is 1. The molecule has 6 nitrogen and oxygen atoms in total. The first-order valence-corrected chi connectivity index (χ1v) is 5.94. The van der Waals surface area contributed by atoms with Gasteiger partial charge in [-0.2, -0.15) is 9.37 Å². The number of aromatic nitrogens is 2. The van der Waals surface area contributed by atoms with E-state index in [2.05, 4.69) is 25.9 Å². The number of hydrogen-bond acceptors (Lipinski definition) is 5. The summed E-state index contributed by atoms with van der Waals surface area (Å²) in [6.45, 7) is 0. The molecule has 0 N–H and O–H groups in total. The van der Waals surface area contributed by atoms with Crippen molar-refractivity contribution in [2.45, 2.75) is 0 Å². The van der Waals surface area contributed by atoms with Crippen LogP contribution in [0.25, 0.3) is 0 Å². The zero-order valence-corrected chi connectivity index (χ0v) is 11.4. The van der Waals surface area contributed by atoms with E-state index in [0.717, 1.165) is 12.1 Å². The number of halogens is 3. The maximum Gasteiger partial charge on any atom is 0.305 e. The van der Waals surface area contributed by atoms with Crippen LogP contribution in [0.5, 0.6) is 11.6 Å². The molecule has 0 saturated heterocycles. The summed E-state index contributed by atoms with van der Waals surface area (Å²) in [5.74, 6) is -0.870. The summed E-state index contributed by atoms with van der Waals surface area (Å²) in [4.78, 5) is 17.1. The average Bonchev–Trinajstić information content (AvgIpc) is 2.33. The molecule has 0 fully saturated rings. The van der Waals surface area contributed by atoms with Crippen LogP contribution in [0.2, 0.25) is 5.28 Å². The fraction of sp³-hybridized carbons (Fsp3) is 0. The molecule has 98 valence electrons. The Balaban J connectivity index is 2.31. The molecule has 0 aliphatic rings. The lowest BCUT2D eigenvalue weighted by Crippen LogP contribution is -1.95. The van der Waals surface area contributed by atoms with Crippen LogP contribution in [0.1, 0.15) is 0 Å². The number of ether oxygens (including phenoxy) is 1. The van der Waals surface area contributed by atoms with Crippen molar-refractivity contribution in [3.8, 4) is 11.6 Å². The van der Waals surface area contributed by atoms with Gasteiger partial charge in [0.1, 0.15) is 5.75 Å². The van der Waals surface area contributed by atoms with Crippen LogP contribution in [0.15, 0.2) is 28.9 Å². The number of nitro groups is 1. The van der Waals surface area contributed by atoms with Gasteiger partial charge in [0.05, 0.1) is 9.40 Å². The van der Waals surface area contributed by atoms with Crippen molar-refractivity contribution in [2.24, 2.45) is 0 Å². The largest absolute Gasteiger partial charge is 0.438 e. The van der Waals surface area contributed by atoms with E-state index >= 15 is 0 Å². The van der Waals surface area contributed by atoms with E-state index in [9.17, 15) is 14.5 Å². The Kier molecular flexibility index (Phi) is 3.91. The molecule has 0 saturated carbocycles. The van der Waals surface area contributed by atoms with Gasteiger partial charge in [-0.05, 0) is 33.6 Å². The maximum absolute atomic E-state index is 13.4. The molecule has 0 atom stereocenters. The normalized spacial score (nSPS) is 10.3. The van der Waals surface area contributed by atoms with E-state index in [1.54, 1.807) is 0 Å². The van der Waals surface area contributed by atoms with Crippen LogP contribution in [-0.2, 0) is 0 Å². The summed E-state index contributed by atoms with van der Waals surface area (Å²) in [7, 11) is 0. The average molecular weight is 349 g/mol. The lowest BCUT2D eigenvalue weighted by Gasteiger charge is -2.06. The van der Waals surface area contributed by atoms with Crippen molar-refractivity contribution in [3.05, 3.63) is 50.1 Å². The van der Waals surface area contributed by atoms with Crippen LogP contribution >= 0.6 is 27.5 Å². The van der Waals surface area contributed by atoms with Gasteiger partial charge in [-0.25, -0.2) is 4.98 Å². The topological polar surface area (TPSA) is 78.2 Å². The number of benzene rings is 1. The molecular weight excluding hydrogens is 344 g/mol. The Morgan fingerprint density at radius 3 is 2.84 bits per heavy atom. The second-order valence-corrected chi connectivity index (χ2v) is 4.46. The molecule has 0 unspecified atom stereocenters. The van der Waals surface area contributed by atoms with Gasteiger partial charge in [-0.1, -0.05) is 0 Å². The highest BCUT2D eigenvalue weighted by Gasteiger charge is 2.15. The first kappa shape index (κ1) is 13.6. The van der Waals surface area contributed by atoms with Crippen molar-refractivity contribution >= 4 is 33.2 Å². The second kappa shape index (κ2) is 5.45. The van der Waals surface area contributed by atoms with Gasteiger partial charge in [-0.3, -0.25) is 10.1 Å². The second-order valence-electron chi connectivity index (χ2n) is 3.26. The van der Waals surface area contributed by atoms with E-state index in [1.807, 2.05) is 0 Å². The first-order valence-electron chi connectivity index (χ1n) is 4.77. The van der Waals surface area contributed by atoms with Gasteiger partial charge in [0.2, 0.25) is 17.0 Å². The molecule has 0 spiro atoms. The van der Waals surface area contributed by atoms with Gasteiger partial charge in [0.15, 0.2) is 0 Å². The first-order chi connectivity index (χ1) is 8.97.